The Bertz CT molecular complexity index is 463. The molecule has 0 aromatic rings. The molecule has 12 heteroatoms. The normalized spacial score (nSPS) is 21.9. The molecule has 0 spiro atoms. The molecule has 1 rings (SSSR count). The van der Waals surface area contributed by atoms with E-state index >= 15 is 0 Å². The monoisotopic (exact) mass is 441 g/mol. The van der Waals surface area contributed by atoms with Crippen molar-refractivity contribution in [1.29, 1.82) is 0 Å². The van der Waals surface area contributed by atoms with E-state index < -0.39 is 28.6 Å². The Morgan fingerprint density at radius 3 is 2.70 bits per heavy atom. The Morgan fingerprint density at radius 1 is 1.52 bits per heavy atom. The molecule has 1 aliphatic rings. The molecule has 0 aliphatic carbocycles. The third kappa shape index (κ3) is 7.85. The first-order valence-corrected chi connectivity index (χ1v) is 9.69. The summed E-state index contributed by atoms with van der Waals surface area (Å²) < 4.78 is 8.51. The molecule has 132 valence electrons. The molecular formula is C11H14Cl3NO5S3. The maximum Gasteiger partial charge on any atom is 0.508 e. The van der Waals surface area contributed by atoms with Gasteiger partial charge in [0.2, 0.25) is 9.70 Å². The number of carbonyl (C=O) groups is 2. The minimum absolute atomic E-state index is 0.0143. The van der Waals surface area contributed by atoms with Gasteiger partial charge in [-0.25, -0.2) is 4.79 Å². The van der Waals surface area contributed by atoms with Crippen LogP contribution in [0.3, 0.4) is 0 Å². The average Bonchev–Trinajstić information content (AvgIpc) is 2.41. The van der Waals surface area contributed by atoms with Crippen LogP contribution in [-0.4, -0.2) is 54.9 Å². The van der Waals surface area contributed by atoms with Gasteiger partial charge in [-0.3, -0.25) is 4.79 Å². The van der Waals surface area contributed by atoms with Crippen molar-refractivity contribution in [2.75, 3.05) is 19.0 Å². The smallest absolute Gasteiger partial charge is 0.430 e. The number of aliphatic hydroxyl groups excluding tert-OH is 1. The highest BCUT2D eigenvalue weighted by atomic mass is 35.6. The van der Waals surface area contributed by atoms with Crippen molar-refractivity contribution in [3.63, 3.8) is 0 Å². The highest BCUT2D eigenvalue weighted by Gasteiger charge is 2.46. The number of rotatable bonds is 6. The number of hydrogen-bond donors (Lipinski definition) is 2. The minimum atomic E-state index is -1.73. The van der Waals surface area contributed by atoms with Crippen molar-refractivity contribution >= 4 is 86.1 Å². The van der Waals surface area contributed by atoms with E-state index in [4.69, 9.17) is 56.9 Å². The highest BCUT2D eigenvalue weighted by Crippen LogP contribution is 2.34. The molecule has 1 amide bonds. The van der Waals surface area contributed by atoms with Gasteiger partial charge >= 0.3 is 6.16 Å². The van der Waals surface area contributed by atoms with Crippen LogP contribution in [0, 0.1) is 5.92 Å². The Labute approximate surface area is 162 Å². The molecule has 1 unspecified atom stereocenters. The molecular weight excluding hydrogens is 429 g/mol. The number of halogens is 3. The van der Waals surface area contributed by atoms with E-state index in [1.54, 1.807) is 6.92 Å². The van der Waals surface area contributed by atoms with Gasteiger partial charge < -0.3 is 19.9 Å². The lowest BCUT2D eigenvalue weighted by molar-refractivity contribution is -0.137. The van der Waals surface area contributed by atoms with E-state index in [-0.39, 0.29) is 17.9 Å². The Hall–Kier alpha value is 0.360. The van der Waals surface area contributed by atoms with Crippen molar-refractivity contribution in [3.05, 3.63) is 0 Å². The third-order valence-corrected chi connectivity index (χ3v) is 5.68. The van der Waals surface area contributed by atoms with Gasteiger partial charge in [0.1, 0.15) is 22.2 Å². The number of nitrogens with one attached hydrogen (secondary N) is 1. The summed E-state index contributed by atoms with van der Waals surface area (Å²) in [6.07, 6.45) is -1.75. The second-order valence-corrected chi connectivity index (χ2v) is 10.3. The van der Waals surface area contributed by atoms with Gasteiger partial charge in [-0.15, -0.1) is 11.8 Å². The first kappa shape index (κ1) is 21.4. The van der Waals surface area contributed by atoms with Gasteiger partial charge in [-0.2, -0.15) is 0 Å². The summed E-state index contributed by atoms with van der Waals surface area (Å²) in [5, 5.41) is 11.1. The van der Waals surface area contributed by atoms with E-state index in [9.17, 15) is 9.59 Å². The van der Waals surface area contributed by atoms with Crippen LogP contribution < -0.4 is 5.32 Å². The molecule has 1 fully saturated rings. The molecule has 1 heterocycles. The van der Waals surface area contributed by atoms with Crippen LogP contribution in [0.4, 0.5) is 4.79 Å². The van der Waals surface area contributed by atoms with Gasteiger partial charge in [-0.1, -0.05) is 58.8 Å². The molecule has 1 saturated heterocycles. The zero-order valence-electron chi connectivity index (χ0n) is 11.8. The number of thiocarbonyl (C=S) groups is 1. The molecule has 1 aliphatic heterocycles. The first-order chi connectivity index (χ1) is 10.6. The van der Waals surface area contributed by atoms with Crippen LogP contribution in [0.25, 0.3) is 0 Å². The summed E-state index contributed by atoms with van der Waals surface area (Å²) in [4.78, 5) is 23.2. The molecule has 3 atom stereocenters. The lowest BCUT2D eigenvalue weighted by Crippen LogP contribution is -2.61. The van der Waals surface area contributed by atoms with Crippen molar-refractivity contribution in [2.45, 2.75) is 22.2 Å². The molecule has 6 nitrogen and oxygen atoms in total. The number of thioether (sulfide) groups is 2. The zero-order valence-corrected chi connectivity index (χ0v) is 16.5. The number of hydrogen-bond acceptors (Lipinski definition) is 8. The first-order valence-electron chi connectivity index (χ1n) is 6.29. The van der Waals surface area contributed by atoms with E-state index in [1.807, 2.05) is 0 Å². The summed E-state index contributed by atoms with van der Waals surface area (Å²) in [6.45, 7) is 1.12. The van der Waals surface area contributed by atoms with Gasteiger partial charge in [0.15, 0.2) is 0 Å². The van der Waals surface area contributed by atoms with Crippen molar-refractivity contribution in [1.82, 2.24) is 5.32 Å². The number of ether oxygens (including phenoxy) is 2. The van der Waals surface area contributed by atoms with Gasteiger partial charge in [-0.05, 0) is 6.92 Å². The van der Waals surface area contributed by atoms with E-state index in [0.717, 1.165) is 0 Å². The maximum atomic E-state index is 11.7. The SMILES string of the molecule is CC(OC(=O)OCC(Cl)(Cl)Cl)[C@H]1C(=O)N[C@@H]1SC(=S)SCCO. The number of alkyl halides is 3. The molecule has 0 bridgehead atoms. The van der Waals surface area contributed by atoms with Gasteiger partial charge in [0, 0.05) is 5.75 Å². The fourth-order valence-electron chi connectivity index (χ4n) is 1.60. The number of aliphatic hydroxyl groups is 1. The average molecular weight is 443 g/mol. The van der Waals surface area contributed by atoms with Crippen LogP contribution in [0.2, 0.25) is 0 Å². The van der Waals surface area contributed by atoms with Crippen molar-refractivity contribution in [3.8, 4) is 0 Å². The fourth-order valence-corrected chi connectivity index (χ4v) is 4.29. The molecule has 23 heavy (non-hydrogen) atoms. The predicted octanol–water partition coefficient (Wildman–Crippen LogP) is 2.71. The summed E-state index contributed by atoms with van der Waals surface area (Å²) in [5.41, 5.74) is 0. The third-order valence-electron chi connectivity index (χ3n) is 2.59. The fraction of sp³-hybridized carbons (Fsp3) is 0.727. The van der Waals surface area contributed by atoms with Crippen molar-refractivity contribution < 1.29 is 24.2 Å². The molecule has 0 aromatic carbocycles. The Balaban J connectivity index is 2.44. The highest BCUT2D eigenvalue weighted by molar-refractivity contribution is 8.47. The van der Waals surface area contributed by atoms with E-state index in [0.29, 0.717) is 9.28 Å². The summed E-state index contributed by atoms with van der Waals surface area (Å²) in [7, 11) is 0. The molecule has 0 aromatic heterocycles. The number of carbonyl (C=O) groups excluding carboxylic acids is 2. The molecule has 0 saturated carbocycles. The van der Waals surface area contributed by atoms with E-state index in [2.05, 4.69) is 10.1 Å². The zero-order chi connectivity index (χ0) is 17.6. The van der Waals surface area contributed by atoms with Gasteiger partial charge in [0.05, 0.1) is 12.0 Å². The van der Waals surface area contributed by atoms with Crippen molar-refractivity contribution in [2.24, 2.45) is 5.92 Å². The minimum Gasteiger partial charge on any atom is -0.430 e. The second kappa shape index (κ2) is 9.74. The van der Waals surface area contributed by atoms with Crippen LogP contribution in [-0.2, 0) is 14.3 Å². The molecule has 0 radical (unpaired) electrons. The second-order valence-electron chi connectivity index (χ2n) is 4.37. The predicted molar refractivity (Wildman–Crippen MR) is 97.3 cm³/mol. The molecule has 2 N–H and O–H groups in total. The lowest BCUT2D eigenvalue weighted by Gasteiger charge is -2.38. The summed E-state index contributed by atoms with van der Waals surface area (Å²) in [5.74, 6) is -0.334. The quantitative estimate of drug-likeness (QED) is 0.281. The topological polar surface area (TPSA) is 84.9 Å². The number of amides is 1. The van der Waals surface area contributed by atoms with Gasteiger partial charge in [0.25, 0.3) is 0 Å². The maximum absolute atomic E-state index is 11.7. The Morgan fingerprint density at radius 2 is 2.17 bits per heavy atom. The Kier molecular flexibility index (Phi) is 9.07. The van der Waals surface area contributed by atoms with Crippen LogP contribution in [0.1, 0.15) is 6.92 Å². The number of β-lactam (4-membered cyclic amide) rings is 1. The standard InChI is InChI=1S/C11H14Cl3NO5S3/c1-5(20-9(18)19-4-11(12,13)14)6-7(17)15-8(6)23-10(21)22-3-2-16/h5-6,8,16H,2-4H2,1H3,(H,15,17)/t5?,6-,8+/m0/s1. The van der Waals surface area contributed by atoms with E-state index in [1.165, 1.54) is 23.5 Å². The largest absolute Gasteiger partial charge is 0.508 e. The summed E-state index contributed by atoms with van der Waals surface area (Å²) in [6, 6.07) is 0. The lowest BCUT2D eigenvalue weighted by atomic mass is 9.96. The van der Waals surface area contributed by atoms with Crippen LogP contribution in [0.15, 0.2) is 0 Å². The van der Waals surface area contributed by atoms with Crippen LogP contribution >= 0.6 is 70.5 Å². The van der Waals surface area contributed by atoms with Crippen LogP contribution in [0.5, 0.6) is 0 Å². The summed E-state index contributed by atoms with van der Waals surface area (Å²) >= 11 is 24.1.